The van der Waals surface area contributed by atoms with Crippen molar-refractivity contribution in [2.45, 2.75) is 6.54 Å². The summed E-state index contributed by atoms with van der Waals surface area (Å²) in [6.07, 6.45) is 2.10. The minimum Gasteiger partial charge on any atom is -0.497 e. The Morgan fingerprint density at radius 3 is 2.48 bits per heavy atom. The first-order valence-corrected chi connectivity index (χ1v) is 6.42. The van der Waals surface area contributed by atoms with Crippen LogP contribution in [0.5, 0.6) is 5.75 Å². The zero-order valence-corrected chi connectivity index (χ0v) is 12.2. The Morgan fingerprint density at radius 1 is 1.29 bits per heavy atom. The number of aldehydes is 1. The van der Waals surface area contributed by atoms with E-state index in [4.69, 9.17) is 4.74 Å². The largest absolute Gasteiger partial charge is 0.497 e. The summed E-state index contributed by atoms with van der Waals surface area (Å²) in [7, 11) is 5.12. The number of nitrogens with zero attached hydrogens (tertiary/aromatic N) is 3. The molecule has 1 aromatic heterocycles. The second-order valence-electron chi connectivity index (χ2n) is 4.77. The first kappa shape index (κ1) is 14.8. The molecule has 2 aromatic rings. The van der Waals surface area contributed by atoms with Gasteiger partial charge >= 0.3 is 0 Å². The van der Waals surface area contributed by atoms with Gasteiger partial charge in [-0.1, -0.05) is 12.1 Å². The Labute approximate surface area is 122 Å². The third-order valence-electron chi connectivity index (χ3n) is 3.15. The highest BCUT2D eigenvalue weighted by molar-refractivity contribution is 5.83. The molecular formula is C15H17N3O3. The van der Waals surface area contributed by atoms with E-state index in [0.717, 1.165) is 11.3 Å². The van der Waals surface area contributed by atoms with Gasteiger partial charge in [0.25, 0.3) is 5.56 Å². The number of methoxy groups -OCH3 is 1. The second kappa shape index (κ2) is 6.21. The molecule has 0 atom stereocenters. The average molecular weight is 287 g/mol. The maximum Gasteiger partial charge on any atom is 0.279 e. The van der Waals surface area contributed by atoms with Gasteiger partial charge < -0.3 is 9.64 Å². The molecule has 0 aliphatic heterocycles. The molecule has 6 nitrogen and oxygen atoms in total. The van der Waals surface area contributed by atoms with E-state index in [1.807, 2.05) is 24.3 Å². The number of carbonyl (C=O) groups is 1. The lowest BCUT2D eigenvalue weighted by Crippen LogP contribution is -2.29. The van der Waals surface area contributed by atoms with Crippen LogP contribution in [0.4, 0.5) is 5.69 Å². The molecule has 2 rings (SSSR count). The van der Waals surface area contributed by atoms with Crippen LogP contribution in [0.2, 0.25) is 0 Å². The van der Waals surface area contributed by atoms with E-state index >= 15 is 0 Å². The van der Waals surface area contributed by atoms with Gasteiger partial charge in [-0.05, 0) is 17.7 Å². The van der Waals surface area contributed by atoms with Gasteiger partial charge in [-0.2, -0.15) is 5.10 Å². The Hall–Kier alpha value is -2.63. The van der Waals surface area contributed by atoms with Crippen LogP contribution in [0.15, 0.2) is 35.3 Å². The zero-order chi connectivity index (χ0) is 15.4. The molecule has 110 valence electrons. The van der Waals surface area contributed by atoms with Crippen LogP contribution in [0.25, 0.3) is 0 Å². The van der Waals surface area contributed by atoms with Crippen LogP contribution in [-0.2, 0) is 6.54 Å². The van der Waals surface area contributed by atoms with Gasteiger partial charge in [-0.25, -0.2) is 4.68 Å². The molecule has 1 aromatic carbocycles. The summed E-state index contributed by atoms with van der Waals surface area (Å²) in [5.41, 5.74) is 1.14. The van der Waals surface area contributed by atoms with Gasteiger partial charge in [0.05, 0.1) is 25.5 Å². The maximum atomic E-state index is 12.3. The molecule has 0 aliphatic carbocycles. The van der Waals surface area contributed by atoms with Gasteiger partial charge in [0.2, 0.25) is 0 Å². The van der Waals surface area contributed by atoms with E-state index in [0.29, 0.717) is 18.5 Å². The third-order valence-corrected chi connectivity index (χ3v) is 3.15. The minimum atomic E-state index is -0.396. The van der Waals surface area contributed by atoms with E-state index in [9.17, 15) is 9.59 Å². The van der Waals surface area contributed by atoms with Crippen LogP contribution >= 0.6 is 0 Å². The number of ether oxygens (including phenoxy) is 1. The van der Waals surface area contributed by atoms with E-state index in [-0.39, 0.29) is 5.56 Å². The normalized spacial score (nSPS) is 10.2. The van der Waals surface area contributed by atoms with Crippen molar-refractivity contribution in [3.63, 3.8) is 0 Å². The van der Waals surface area contributed by atoms with Crippen LogP contribution < -0.4 is 15.2 Å². The molecule has 21 heavy (non-hydrogen) atoms. The molecule has 0 N–H and O–H groups in total. The number of hydrogen-bond donors (Lipinski definition) is 0. The van der Waals surface area contributed by atoms with E-state index in [2.05, 4.69) is 5.10 Å². The fraction of sp³-hybridized carbons (Fsp3) is 0.267. The standard InChI is InChI=1S/C15H17N3O3/c1-17(2)14-8-16-18(15(20)13(14)10-19)9-11-4-6-12(21-3)7-5-11/h4-8,10H,9H2,1-3H3. The number of carbonyl (C=O) groups excluding carboxylic acids is 1. The number of aromatic nitrogens is 2. The van der Waals surface area contributed by atoms with Crippen molar-refractivity contribution in [2.75, 3.05) is 26.1 Å². The molecule has 0 spiro atoms. The minimum absolute atomic E-state index is 0.114. The van der Waals surface area contributed by atoms with E-state index < -0.39 is 5.56 Å². The molecular weight excluding hydrogens is 270 g/mol. The quantitative estimate of drug-likeness (QED) is 0.773. The van der Waals surface area contributed by atoms with Crippen molar-refractivity contribution in [1.29, 1.82) is 0 Å². The molecule has 1 heterocycles. The summed E-state index contributed by atoms with van der Waals surface area (Å²) in [4.78, 5) is 25.1. The molecule has 0 saturated carbocycles. The van der Waals surface area contributed by atoms with Crippen molar-refractivity contribution < 1.29 is 9.53 Å². The fourth-order valence-electron chi connectivity index (χ4n) is 1.98. The highest BCUT2D eigenvalue weighted by atomic mass is 16.5. The number of rotatable bonds is 5. The van der Waals surface area contributed by atoms with Gasteiger partial charge in [0, 0.05) is 14.1 Å². The molecule has 0 amide bonds. The number of hydrogen-bond acceptors (Lipinski definition) is 5. The monoisotopic (exact) mass is 287 g/mol. The fourth-order valence-corrected chi connectivity index (χ4v) is 1.98. The van der Waals surface area contributed by atoms with Gasteiger partial charge in [0.15, 0.2) is 6.29 Å². The predicted molar refractivity (Wildman–Crippen MR) is 80.3 cm³/mol. The van der Waals surface area contributed by atoms with Crippen LogP contribution in [0.1, 0.15) is 15.9 Å². The molecule has 6 heteroatoms. The first-order valence-electron chi connectivity index (χ1n) is 6.42. The maximum absolute atomic E-state index is 12.3. The summed E-state index contributed by atoms with van der Waals surface area (Å²) in [5.74, 6) is 0.746. The van der Waals surface area contributed by atoms with Crippen molar-refractivity contribution in [2.24, 2.45) is 0 Å². The Bertz CT molecular complexity index is 690. The number of benzene rings is 1. The second-order valence-corrected chi connectivity index (χ2v) is 4.77. The third kappa shape index (κ3) is 3.10. The van der Waals surface area contributed by atoms with Crippen LogP contribution in [0.3, 0.4) is 0 Å². The van der Waals surface area contributed by atoms with Gasteiger partial charge in [-0.3, -0.25) is 9.59 Å². The smallest absolute Gasteiger partial charge is 0.279 e. The van der Waals surface area contributed by atoms with Gasteiger partial charge in [0.1, 0.15) is 11.3 Å². The number of anilines is 1. The lowest BCUT2D eigenvalue weighted by molar-refractivity contribution is 0.112. The van der Waals surface area contributed by atoms with Crippen LogP contribution in [0, 0.1) is 0 Å². The van der Waals surface area contributed by atoms with E-state index in [1.54, 1.807) is 26.1 Å². The molecule has 0 saturated heterocycles. The molecule has 0 radical (unpaired) electrons. The molecule has 0 fully saturated rings. The summed E-state index contributed by atoms with van der Waals surface area (Å²) >= 11 is 0. The van der Waals surface area contributed by atoms with Crippen LogP contribution in [-0.4, -0.2) is 37.3 Å². The lowest BCUT2D eigenvalue weighted by atomic mass is 10.2. The SMILES string of the molecule is COc1ccc(Cn2ncc(N(C)C)c(C=O)c2=O)cc1. The highest BCUT2D eigenvalue weighted by Crippen LogP contribution is 2.13. The van der Waals surface area contributed by atoms with Crippen molar-refractivity contribution in [3.8, 4) is 5.75 Å². The van der Waals surface area contributed by atoms with E-state index in [1.165, 1.54) is 10.9 Å². The predicted octanol–water partition coefficient (Wildman–Crippen LogP) is 1.18. The van der Waals surface area contributed by atoms with Crippen molar-refractivity contribution in [1.82, 2.24) is 9.78 Å². The Kier molecular flexibility index (Phi) is 4.37. The molecule has 0 aliphatic rings. The molecule has 0 bridgehead atoms. The summed E-state index contributed by atoms with van der Waals surface area (Å²) in [5, 5.41) is 4.12. The zero-order valence-electron chi connectivity index (χ0n) is 12.2. The topological polar surface area (TPSA) is 64.4 Å². The lowest BCUT2D eigenvalue weighted by Gasteiger charge is -2.15. The summed E-state index contributed by atoms with van der Waals surface area (Å²) in [6.45, 7) is 0.303. The Balaban J connectivity index is 2.36. The van der Waals surface area contributed by atoms with Crippen molar-refractivity contribution in [3.05, 3.63) is 51.9 Å². The summed E-state index contributed by atoms with van der Waals surface area (Å²) in [6, 6.07) is 7.34. The van der Waals surface area contributed by atoms with Gasteiger partial charge in [-0.15, -0.1) is 0 Å². The molecule has 0 unspecified atom stereocenters. The Morgan fingerprint density at radius 2 is 1.95 bits per heavy atom. The average Bonchev–Trinajstić information content (AvgIpc) is 2.49. The highest BCUT2D eigenvalue weighted by Gasteiger charge is 2.12. The van der Waals surface area contributed by atoms with Crippen molar-refractivity contribution >= 4 is 12.0 Å². The summed E-state index contributed by atoms with van der Waals surface area (Å²) < 4.78 is 6.36. The first-order chi connectivity index (χ1) is 10.1.